The van der Waals surface area contributed by atoms with Crippen molar-refractivity contribution in [2.24, 2.45) is 0 Å². The lowest BCUT2D eigenvalue weighted by Crippen LogP contribution is -2.39. The van der Waals surface area contributed by atoms with E-state index in [1.807, 2.05) is 19.1 Å². The molecule has 1 aromatic heterocycles. The van der Waals surface area contributed by atoms with Crippen molar-refractivity contribution < 1.29 is 5.11 Å². The standard InChI is InChI=1S/C13H17ClN4O/c1-9(13(2,3)19)17-11-6-4-5-10(14)12(11)18-8-15-7-16-18/h4-9,17,19H,1-3H3. The molecule has 0 bridgehead atoms. The van der Waals surface area contributed by atoms with Gasteiger partial charge < -0.3 is 10.4 Å². The summed E-state index contributed by atoms with van der Waals surface area (Å²) in [6, 6.07) is 5.39. The molecule has 1 aromatic carbocycles. The van der Waals surface area contributed by atoms with Gasteiger partial charge in [-0.3, -0.25) is 0 Å². The van der Waals surface area contributed by atoms with E-state index in [-0.39, 0.29) is 6.04 Å². The molecule has 1 heterocycles. The first kappa shape index (κ1) is 13.8. The van der Waals surface area contributed by atoms with E-state index in [0.717, 1.165) is 11.4 Å². The molecular weight excluding hydrogens is 264 g/mol. The van der Waals surface area contributed by atoms with Crippen LogP contribution in [0.25, 0.3) is 5.69 Å². The number of aliphatic hydroxyl groups is 1. The maximum Gasteiger partial charge on any atom is 0.138 e. The van der Waals surface area contributed by atoms with Crippen LogP contribution in [0.15, 0.2) is 30.9 Å². The second-order valence-electron chi connectivity index (χ2n) is 5.00. The predicted molar refractivity (Wildman–Crippen MR) is 75.8 cm³/mol. The molecule has 2 N–H and O–H groups in total. The first-order chi connectivity index (χ1) is 8.89. The number of aromatic nitrogens is 3. The number of nitrogens with one attached hydrogen (secondary N) is 1. The quantitative estimate of drug-likeness (QED) is 0.903. The van der Waals surface area contributed by atoms with Crippen LogP contribution in [0.1, 0.15) is 20.8 Å². The summed E-state index contributed by atoms with van der Waals surface area (Å²) in [6.07, 6.45) is 3.04. The average molecular weight is 281 g/mol. The Morgan fingerprint density at radius 1 is 1.42 bits per heavy atom. The molecular formula is C13H17ClN4O. The van der Waals surface area contributed by atoms with Gasteiger partial charge in [0.25, 0.3) is 0 Å². The second kappa shape index (κ2) is 5.19. The molecule has 0 spiro atoms. The molecule has 1 atom stereocenters. The lowest BCUT2D eigenvalue weighted by atomic mass is 10.0. The first-order valence-corrected chi connectivity index (χ1v) is 6.40. The molecule has 19 heavy (non-hydrogen) atoms. The molecule has 0 aliphatic carbocycles. The Labute approximate surface area is 117 Å². The first-order valence-electron chi connectivity index (χ1n) is 6.02. The lowest BCUT2D eigenvalue weighted by Gasteiger charge is -2.28. The topological polar surface area (TPSA) is 63.0 Å². The third-order valence-electron chi connectivity index (χ3n) is 3.07. The van der Waals surface area contributed by atoms with Crippen LogP contribution in [0.4, 0.5) is 5.69 Å². The van der Waals surface area contributed by atoms with Gasteiger partial charge in [-0.25, -0.2) is 9.67 Å². The molecule has 0 aliphatic heterocycles. The molecule has 2 rings (SSSR count). The summed E-state index contributed by atoms with van der Waals surface area (Å²) in [4.78, 5) is 3.92. The molecule has 0 saturated heterocycles. The van der Waals surface area contributed by atoms with Crippen LogP contribution in [0.3, 0.4) is 0 Å². The third kappa shape index (κ3) is 3.05. The van der Waals surface area contributed by atoms with Gasteiger partial charge in [-0.2, -0.15) is 5.10 Å². The van der Waals surface area contributed by atoms with E-state index in [0.29, 0.717) is 5.02 Å². The average Bonchev–Trinajstić information content (AvgIpc) is 2.81. The zero-order valence-electron chi connectivity index (χ0n) is 11.1. The van der Waals surface area contributed by atoms with Gasteiger partial charge in [0.1, 0.15) is 18.3 Å². The number of hydrogen-bond acceptors (Lipinski definition) is 4. The van der Waals surface area contributed by atoms with E-state index in [9.17, 15) is 5.11 Å². The van der Waals surface area contributed by atoms with Crippen molar-refractivity contribution >= 4 is 17.3 Å². The minimum Gasteiger partial charge on any atom is -0.388 e. The molecule has 6 heteroatoms. The maximum absolute atomic E-state index is 10.0. The Hall–Kier alpha value is -1.59. The Kier molecular flexibility index (Phi) is 3.78. The summed E-state index contributed by atoms with van der Waals surface area (Å²) in [5, 5.41) is 17.9. The van der Waals surface area contributed by atoms with Gasteiger partial charge in [0, 0.05) is 0 Å². The molecule has 5 nitrogen and oxygen atoms in total. The summed E-state index contributed by atoms with van der Waals surface area (Å²) >= 11 is 6.23. The van der Waals surface area contributed by atoms with Gasteiger partial charge in [0.15, 0.2) is 0 Å². The van der Waals surface area contributed by atoms with Gasteiger partial charge in [-0.05, 0) is 32.9 Å². The monoisotopic (exact) mass is 280 g/mol. The minimum absolute atomic E-state index is 0.145. The molecule has 102 valence electrons. The zero-order chi connectivity index (χ0) is 14.0. The summed E-state index contributed by atoms with van der Waals surface area (Å²) in [7, 11) is 0. The number of rotatable bonds is 4. The number of hydrogen-bond donors (Lipinski definition) is 2. The lowest BCUT2D eigenvalue weighted by molar-refractivity contribution is 0.0649. The van der Waals surface area contributed by atoms with Crippen molar-refractivity contribution in [3.05, 3.63) is 35.9 Å². The number of halogens is 1. The summed E-state index contributed by atoms with van der Waals surface area (Å²) in [5.41, 5.74) is 0.674. The molecule has 2 aromatic rings. The Balaban J connectivity index is 2.39. The maximum atomic E-state index is 10.0. The number of anilines is 1. The fourth-order valence-electron chi connectivity index (χ4n) is 1.60. The van der Waals surface area contributed by atoms with Crippen LogP contribution in [0, 0.1) is 0 Å². The Morgan fingerprint density at radius 2 is 2.16 bits per heavy atom. The largest absolute Gasteiger partial charge is 0.388 e. The smallest absolute Gasteiger partial charge is 0.138 e. The second-order valence-corrected chi connectivity index (χ2v) is 5.40. The highest BCUT2D eigenvalue weighted by molar-refractivity contribution is 6.33. The third-order valence-corrected chi connectivity index (χ3v) is 3.37. The minimum atomic E-state index is -0.845. The van der Waals surface area contributed by atoms with Gasteiger partial charge in [0.05, 0.1) is 22.4 Å². The molecule has 0 radical (unpaired) electrons. The van der Waals surface area contributed by atoms with Crippen LogP contribution in [-0.4, -0.2) is 31.5 Å². The highest BCUT2D eigenvalue weighted by Gasteiger charge is 2.23. The zero-order valence-corrected chi connectivity index (χ0v) is 11.9. The SMILES string of the molecule is CC(Nc1cccc(Cl)c1-n1cncn1)C(C)(C)O. The fourth-order valence-corrected chi connectivity index (χ4v) is 1.86. The summed E-state index contributed by atoms with van der Waals surface area (Å²) in [6.45, 7) is 5.42. The van der Waals surface area contributed by atoms with Crippen molar-refractivity contribution in [1.82, 2.24) is 14.8 Å². The van der Waals surface area contributed by atoms with Gasteiger partial charge in [-0.1, -0.05) is 17.7 Å². The van der Waals surface area contributed by atoms with E-state index < -0.39 is 5.60 Å². The van der Waals surface area contributed by atoms with Crippen LogP contribution < -0.4 is 5.32 Å². The predicted octanol–water partition coefficient (Wildman–Crippen LogP) is 2.49. The molecule has 0 amide bonds. The Bertz CT molecular complexity index is 548. The van der Waals surface area contributed by atoms with Crippen LogP contribution in [-0.2, 0) is 0 Å². The van der Waals surface area contributed by atoms with E-state index >= 15 is 0 Å². The van der Waals surface area contributed by atoms with Crippen molar-refractivity contribution in [3.8, 4) is 5.69 Å². The fraction of sp³-hybridized carbons (Fsp3) is 0.385. The Morgan fingerprint density at radius 3 is 2.74 bits per heavy atom. The van der Waals surface area contributed by atoms with Crippen molar-refractivity contribution in [2.45, 2.75) is 32.4 Å². The molecule has 0 fully saturated rings. The summed E-state index contributed by atoms with van der Waals surface area (Å²) < 4.78 is 1.60. The van der Waals surface area contributed by atoms with E-state index in [2.05, 4.69) is 15.4 Å². The van der Waals surface area contributed by atoms with Crippen LogP contribution in [0.2, 0.25) is 5.02 Å². The van der Waals surface area contributed by atoms with Crippen LogP contribution in [0.5, 0.6) is 0 Å². The highest BCUT2D eigenvalue weighted by Crippen LogP contribution is 2.29. The van der Waals surface area contributed by atoms with E-state index in [1.54, 1.807) is 30.9 Å². The van der Waals surface area contributed by atoms with Crippen molar-refractivity contribution in [1.29, 1.82) is 0 Å². The van der Waals surface area contributed by atoms with Crippen molar-refractivity contribution in [3.63, 3.8) is 0 Å². The van der Waals surface area contributed by atoms with E-state index in [4.69, 9.17) is 11.6 Å². The molecule has 0 aliphatic rings. The number of benzene rings is 1. The number of nitrogens with zero attached hydrogens (tertiary/aromatic N) is 3. The van der Waals surface area contributed by atoms with Gasteiger partial charge >= 0.3 is 0 Å². The van der Waals surface area contributed by atoms with Crippen molar-refractivity contribution in [2.75, 3.05) is 5.32 Å². The van der Waals surface area contributed by atoms with Gasteiger partial charge in [-0.15, -0.1) is 0 Å². The van der Waals surface area contributed by atoms with Gasteiger partial charge in [0.2, 0.25) is 0 Å². The molecule has 1 unspecified atom stereocenters. The summed E-state index contributed by atoms with van der Waals surface area (Å²) in [5.74, 6) is 0. The van der Waals surface area contributed by atoms with E-state index in [1.165, 1.54) is 6.33 Å². The van der Waals surface area contributed by atoms with Crippen LogP contribution >= 0.6 is 11.6 Å². The molecule has 0 saturated carbocycles. The highest BCUT2D eigenvalue weighted by atomic mass is 35.5. The normalized spacial score (nSPS) is 13.3. The number of para-hydroxylation sites is 1.